The van der Waals surface area contributed by atoms with Crippen molar-refractivity contribution in [2.75, 3.05) is 26.2 Å². The summed E-state index contributed by atoms with van der Waals surface area (Å²) in [5.74, 6) is 0.215. The molecule has 0 aliphatic carbocycles. The van der Waals surface area contributed by atoms with Crippen LogP contribution in [-0.4, -0.2) is 37.0 Å². The van der Waals surface area contributed by atoms with Gasteiger partial charge in [-0.3, -0.25) is 4.79 Å². The number of hydrogen-bond donors (Lipinski definition) is 1. The Morgan fingerprint density at radius 2 is 1.90 bits per heavy atom. The molecule has 0 saturated carbocycles. The molecule has 2 aliphatic heterocycles. The van der Waals surface area contributed by atoms with Gasteiger partial charge in [0, 0.05) is 25.2 Å². The molecular formula is C17H25ClN2O. The van der Waals surface area contributed by atoms with Crippen LogP contribution in [0.3, 0.4) is 0 Å². The number of likely N-dealkylation sites (tertiary alicyclic amines) is 1. The van der Waals surface area contributed by atoms with E-state index in [1.54, 1.807) is 0 Å². The Hall–Kier alpha value is -1.06. The van der Waals surface area contributed by atoms with Crippen LogP contribution in [0.15, 0.2) is 18.2 Å². The van der Waals surface area contributed by atoms with Gasteiger partial charge in [-0.2, -0.15) is 0 Å². The second-order valence-electron chi connectivity index (χ2n) is 6.47. The number of nitrogens with zero attached hydrogens (tertiary/aromatic N) is 1. The van der Waals surface area contributed by atoms with Gasteiger partial charge in [0.2, 0.25) is 0 Å². The molecule has 3 rings (SSSR count). The topological polar surface area (TPSA) is 32.3 Å². The summed E-state index contributed by atoms with van der Waals surface area (Å²) < 4.78 is 0. The molecule has 3 nitrogen and oxygen atoms in total. The zero-order valence-corrected chi connectivity index (χ0v) is 13.8. The van der Waals surface area contributed by atoms with Crippen molar-refractivity contribution in [3.8, 4) is 0 Å². The van der Waals surface area contributed by atoms with Crippen LogP contribution in [-0.2, 0) is 0 Å². The van der Waals surface area contributed by atoms with Crippen molar-refractivity contribution in [2.24, 2.45) is 5.41 Å². The average Bonchev–Trinajstić information content (AvgIpc) is 2.90. The van der Waals surface area contributed by atoms with E-state index in [9.17, 15) is 4.79 Å². The summed E-state index contributed by atoms with van der Waals surface area (Å²) in [5.41, 5.74) is 3.67. The zero-order valence-electron chi connectivity index (χ0n) is 12.9. The summed E-state index contributed by atoms with van der Waals surface area (Å²) in [6.45, 7) is 8.22. The van der Waals surface area contributed by atoms with Gasteiger partial charge in [-0.1, -0.05) is 12.1 Å². The van der Waals surface area contributed by atoms with Crippen LogP contribution in [0.1, 0.15) is 40.7 Å². The molecule has 1 aromatic carbocycles. The molecule has 0 radical (unpaired) electrons. The zero-order chi connectivity index (χ0) is 14.2. The van der Waals surface area contributed by atoms with E-state index in [0.717, 1.165) is 50.1 Å². The van der Waals surface area contributed by atoms with E-state index in [4.69, 9.17) is 0 Å². The predicted molar refractivity (Wildman–Crippen MR) is 88.2 cm³/mol. The first-order chi connectivity index (χ1) is 9.61. The van der Waals surface area contributed by atoms with Gasteiger partial charge >= 0.3 is 0 Å². The standard InChI is InChI=1S/C17H24N2O.ClH/c1-13-4-3-5-15(14(13)2)16(20)19-10-7-17(8-11-19)6-9-18-12-17;/h3-5,18H,6-12H2,1-2H3;1H. The maximum atomic E-state index is 12.7. The number of carbonyl (C=O) groups excluding carboxylic acids is 1. The molecule has 0 bridgehead atoms. The molecule has 21 heavy (non-hydrogen) atoms. The number of carbonyl (C=O) groups is 1. The molecule has 2 aliphatic rings. The molecule has 4 heteroatoms. The molecule has 1 N–H and O–H groups in total. The lowest BCUT2D eigenvalue weighted by atomic mass is 9.77. The highest BCUT2D eigenvalue weighted by Crippen LogP contribution is 2.37. The third-order valence-electron chi connectivity index (χ3n) is 5.28. The summed E-state index contributed by atoms with van der Waals surface area (Å²) in [5, 5.41) is 3.47. The van der Waals surface area contributed by atoms with Crippen molar-refractivity contribution < 1.29 is 4.79 Å². The molecule has 0 aromatic heterocycles. The molecule has 0 atom stereocenters. The fourth-order valence-corrected chi connectivity index (χ4v) is 3.56. The summed E-state index contributed by atoms with van der Waals surface area (Å²) in [6, 6.07) is 6.02. The molecule has 1 aromatic rings. The molecular weight excluding hydrogens is 284 g/mol. The van der Waals surface area contributed by atoms with E-state index in [0.29, 0.717) is 5.41 Å². The van der Waals surface area contributed by atoms with E-state index in [2.05, 4.69) is 25.2 Å². The first kappa shape index (κ1) is 16.3. The highest BCUT2D eigenvalue weighted by Gasteiger charge is 2.38. The van der Waals surface area contributed by atoms with Gasteiger partial charge in [-0.25, -0.2) is 0 Å². The lowest BCUT2D eigenvalue weighted by Gasteiger charge is -2.39. The van der Waals surface area contributed by atoms with Gasteiger partial charge in [0.25, 0.3) is 5.91 Å². The minimum atomic E-state index is 0. The highest BCUT2D eigenvalue weighted by atomic mass is 35.5. The van der Waals surface area contributed by atoms with Gasteiger partial charge in [0.1, 0.15) is 0 Å². The molecule has 2 heterocycles. The van der Waals surface area contributed by atoms with E-state index >= 15 is 0 Å². The first-order valence-electron chi connectivity index (χ1n) is 7.68. The Balaban J connectivity index is 0.00000161. The third kappa shape index (κ3) is 3.09. The van der Waals surface area contributed by atoms with Crippen LogP contribution in [0.25, 0.3) is 0 Å². The van der Waals surface area contributed by atoms with Crippen molar-refractivity contribution >= 4 is 18.3 Å². The number of halogens is 1. The van der Waals surface area contributed by atoms with Gasteiger partial charge in [0.15, 0.2) is 0 Å². The van der Waals surface area contributed by atoms with Crippen LogP contribution >= 0.6 is 12.4 Å². The summed E-state index contributed by atoms with van der Waals surface area (Å²) in [7, 11) is 0. The fourth-order valence-electron chi connectivity index (χ4n) is 3.56. The molecule has 2 fully saturated rings. The van der Waals surface area contributed by atoms with Crippen LogP contribution in [0, 0.1) is 19.3 Å². The van der Waals surface area contributed by atoms with Gasteiger partial charge in [-0.05, 0) is 62.3 Å². The summed E-state index contributed by atoms with van der Waals surface area (Å²) in [6.07, 6.45) is 3.58. The van der Waals surface area contributed by atoms with Gasteiger partial charge in [-0.15, -0.1) is 12.4 Å². The van der Waals surface area contributed by atoms with Crippen molar-refractivity contribution in [3.63, 3.8) is 0 Å². The van der Waals surface area contributed by atoms with E-state index in [1.807, 2.05) is 17.0 Å². The van der Waals surface area contributed by atoms with Gasteiger partial charge in [0.05, 0.1) is 0 Å². The van der Waals surface area contributed by atoms with Crippen molar-refractivity contribution in [1.82, 2.24) is 10.2 Å². The minimum absolute atomic E-state index is 0. The molecule has 1 spiro atoms. The monoisotopic (exact) mass is 308 g/mol. The molecule has 116 valence electrons. The van der Waals surface area contributed by atoms with Crippen molar-refractivity contribution in [2.45, 2.75) is 33.1 Å². The number of aryl methyl sites for hydroxylation is 1. The maximum absolute atomic E-state index is 12.7. The number of amides is 1. The predicted octanol–water partition coefficient (Wildman–Crippen LogP) is 2.94. The summed E-state index contributed by atoms with van der Waals surface area (Å²) in [4.78, 5) is 14.7. The van der Waals surface area contributed by atoms with Crippen molar-refractivity contribution in [1.29, 1.82) is 0 Å². The Bertz CT molecular complexity index is 514. The number of rotatable bonds is 1. The first-order valence-corrected chi connectivity index (χ1v) is 7.68. The van der Waals surface area contributed by atoms with Crippen LogP contribution in [0.4, 0.5) is 0 Å². The van der Waals surface area contributed by atoms with Crippen LogP contribution < -0.4 is 5.32 Å². The number of benzene rings is 1. The maximum Gasteiger partial charge on any atom is 0.254 e. The average molecular weight is 309 g/mol. The summed E-state index contributed by atoms with van der Waals surface area (Å²) >= 11 is 0. The highest BCUT2D eigenvalue weighted by molar-refractivity contribution is 5.96. The number of hydrogen-bond acceptors (Lipinski definition) is 2. The Labute approximate surface area is 133 Å². The Morgan fingerprint density at radius 1 is 1.19 bits per heavy atom. The molecule has 0 unspecified atom stereocenters. The third-order valence-corrected chi connectivity index (χ3v) is 5.28. The Morgan fingerprint density at radius 3 is 2.52 bits per heavy atom. The minimum Gasteiger partial charge on any atom is -0.339 e. The lowest BCUT2D eigenvalue weighted by Crippen LogP contribution is -2.44. The van der Waals surface area contributed by atoms with Crippen molar-refractivity contribution in [3.05, 3.63) is 34.9 Å². The number of piperidine rings is 1. The second kappa shape index (κ2) is 6.37. The molecule has 2 saturated heterocycles. The van der Waals surface area contributed by atoms with E-state index in [1.165, 1.54) is 12.0 Å². The fraction of sp³-hybridized carbons (Fsp3) is 0.588. The Kier molecular flexibility index (Phi) is 4.95. The van der Waals surface area contributed by atoms with Gasteiger partial charge < -0.3 is 10.2 Å². The molecule has 1 amide bonds. The second-order valence-corrected chi connectivity index (χ2v) is 6.47. The van der Waals surface area contributed by atoms with Crippen LogP contribution in [0.5, 0.6) is 0 Å². The number of nitrogens with one attached hydrogen (secondary N) is 1. The smallest absolute Gasteiger partial charge is 0.254 e. The van der Waals surface area contributed by atoms with E-state index < -0.39 is 0 Å². The lowest BCUT2D eigenvalue weighted by molar-refractivity contribution is 0.0607. The SMILES string of the molecule is Cc1cccc(C(=O)N2CCC3(CCNC3)CC2)c1C.Cl. The largest absolute Gasteiger partial charge is 0.339 e. The van der Waals surface area contributed by atoms with E-state index in [-0.39, 0.29) is 18.3 Å². The van der Waals surface area contributed by atoms with Crippen LogP contribution in [0.2, 0.25) is 0 Å². The normalized spacial score (nSPS) is 20.4. The quantitative estimate of drug-likeness (QED) is 0.865.